The molecule has 0 fully saturated rings. The number of thiophene rings is 1. The van der Waals surface area contributed by atoms with Gasteiger partial charge in [-0.05, 0) is 29.4 Å². The third-order valence-electron chi connectivity index (χ3n) is 3.10. The molecule has 7 heteroatoms. The normalized spacial score (nSPS) is 11.0. The first-order valence-electron chi connectivity index (χ1n) is 6.41. The van der Waals surface area contributed by atoms with Gasteiger partial charge in [-0.25, -0.2) is 0 Å². The van der Waals surface area contributed by atoms with Crippen LogP contribution in [0.2, 0.25) is 0 Å². The van der Waals surface area contributed by atoms with Crippen LogP contribution in [-0.4, -0.2) is 22.1 Å². The summed E-state index contributed by atoms with van der Waals surface area (Å²) in [5.41, 5.74) is 6.79. The third-order valence-corrected chi connectivity index (χ3v) is 4.11. The zero-order chi connectivity index (χ0) is 13.9. The monoisotopic (exact) mass is 324 g/mol. The van der Waals surface area contributed by atoms with Crippen LogP contribution in [-0.2, 0) is 19.6 Å². The Morgan fingerprint density at radius 2 is 2.10 bits per heavy atom. The second kappa shape index (κ2) is 7.00. The van der Waals surface area contributed by atoms with Gasteiger partial charge in [-0.2, -0.15) is 4.98 Å². The quantitative estimate of drug-likeness (QED) is 0.781. The van der Waals surface area contributed by atoms with Crippen LogP contribution in [0.5, 0.6) is 0 Å². The summed E-state index contributed by atoms with van der Waals surface area (Å²) in [6, 6.07) is 8.46. The SMILES string of the molecule is CN(Cc1noc(CN)n1)Cc1csc2ccccc12.Cl. The Balaban J connectivity index is 0.00000161. The van der Waals surface area contributed by atoms with E-state index in [0.717, 1.165) is 6.54 Å². The summed E-state index contributed by atoms with van der Waals surface area (Å²) in [6.07, 6.45) is 0. The number of nitrogens with two attached hydrogens (primary N) is 1. The molecule has 0 aliphatic heterocycles. The highest BCUT2D eigenvalue weighted by Crippen LogP contribution is 2.26. The number of fused-ring (bicyclic) bond motifs is 1. The van der Waals surface area contributed by atoms with Crippen molar-refractivity contribution < 1.29 is 4.52 Å². The minimum Gasteiger partial charge on any atom is -0.338 e. The molecule has 0 atom stereocenters. The average molecular weight is 325 g/mol. The molecule has 3 rings (SSSR count). The molecule has 0 spiro atoms. The predicted octanol–water partition coefficient (Wildman–Crippen LogP) is 2.80. The minimum absolute atomic E-state index is 0. The van der Waals surface area contributed by atoms with Gasteiger partial charge in [0.05, 0.1) is 13.1 Å². The van der Waals surface area contributed by atoms with Crippen molar-refractivity contribution in [2.75, 3.05) is 7.05 Å². The van der Waals surface area contributed by atoms with Gasteiger partial charge in [-0.3, -0.25) is 4.90 Å². The van der Waals surface area contributed by atoms with Crippen molar-refractivity contribution in [3.8, 4) is 0 Å². The Kier molecular flexibility index (Phi) is 5.30. The maximum absolute atomic E-state index is 5.46. The molecule has 0 unspecified atom stereocenters. The molecule has 21 heavy (non-hydrogen) atoms. The Bertz CT molecular complexity index is 712. The van der Waals surface area contributed by atoms with Crippen LogP contribution in [0.3, 0.4) is 0 Å². The molecule has 0 bridgehead atoms. The van der Waals surface area contributed by atoms with E-state index in [2.05, 4.69) is 44.7 Å². The summed E-state index contributed by atoms with van der Waals surface area (Å²) in [6.45, 7) is 1.79. The first-order chi connectivity index (χ1) is 9.76. The van der Waals surface area contributed by atoms with E-state index in [0.29, 0.717) is 18.3 Å². The second-order valence-electron chi connectivity index (χ2n) is 4.74. The van der Waals surface area contributed by atoms with Gasteiger partial charge in [0.15, 0.2) is 5.82 Å². The molecule has 0 amide bonds. The van der Waals surface area contributed by atoms with Crippen molar-refractivity contribution in [2.24, 2.45) is 5.73 Å². The predicted molar refractivity (Wildman–Crippen MR) is 86.4 cm³/mol. The Morgan fingerprint density at radius 1 is 1.29 bits per heavy atom. The molecule has 0 saturated heterocycles. The smallest absolute Gasteiger partial charge is 0.240 e. The lowest BCUT2D eigenvalue weighted by atomic mass is 10.2. The number of aromatic nitrogens is 2. The van der Waals surface area contributed by atoms with Crippen LogP contribution in [0.4, 0.5) is 0 Å². The summed E-state index contributed by atoms with van der Waals surface area (Å²) >= 11 is 1.78. The number of hydrogen-bond donors (Lipinski definition) is 1. The number of benzene rings is 1. The van der Waals surface area contributed by atoms with E-state index in [4.69, 9.17) is 10.3 Å². The van der Waals surface area contributed by atoms with Gasteiger partial charge in [0.25, 0.3) is 0 Å². The highest BCUT2D eigenvalue weighted by molar-refractivity contribution is 7.17. The van der Waals surface area contributed by atoms with Gasteiger partial charge in [0.2, 0.25) is 5.89 Å². The summed E-state index contributed by atoms with van der Waals surface area (Å²) in [5.74, 6) is 1.15. The van der Waals surface area contributed by atoms with E-state index in [1.54, 1.807) is 11.3 Å². The van der Waals surface area contributed by atoms with Crippen LogP contribution < -0.4 is 5.73 Å². The maximum Gasteiger partial charge on any atom is 0.240 e. The van der Waals surface area contributed by atoms with E-state index in [1.165, 1.54) is 15.6 Å². The summed E-state index contributed by atoms with van der Waals surface area (Å²) in [7, 11) is 2.05. The number of halogens is 1. The molecule has 112 valence electrons. The van der Waals surface area contributed by atoms with Gasteiger partial charge in [0, 0.05) is 11.2 Å². The fourth-order valence-electron chi connectivity index (χ4n) is 2.18. The first-order valence-corrected chi connectivity index (χ1v) is 7.29. The molecule has 0 saturated carbocycles. The fraction of sp³-hybridized carbons (Fsp3) is 0.286. The second-order valence-corrected chi connectivity index (χ2v) is 5.65. The summed E-state index contributed by atoms with van der Waals surface area (Å²) in [4.78, 5) is 6.38. The Hall–Kier alpha value is -1.47. The van der Waals surface area contributed by atoms with E-state index in [1.807, 2.05) is 7.05 Å². The van der Waals surface area contributed by atoms with Gasteiger partial charge < -0.3 is 10.3 Å². The Morgan fingerprint density at radius 3 is 2.86 bits per heavy atom. The van der Waals surface area contributed by atoms with Crippen molar-refractivity contribution in [1.82, 2.24) is 15.0 Å². The molecule has 0 aliphatic rings. The number of nitrogens with zero attached hydrogens (tertiary/aromatic N) is 3. The van der Waals surface area contributed by atoms with Crippen molar-refractivity contribution in [3.05, 3.63) is 46.9 Å². The molecule has 0 aliphatic carbocycles. The largest absolute Gasteiger partial charge is 0.338 e. The zero-order valence-corrected chi connectivity index (χ0v) is 13.3. The summed E-state index contributed by atoms with van der Waals surface area (Å²) in [5, 5.41) is 7.44. The van der Waals surface area contributed by atoms with Gasteiger partial charge in [-0.15, -0.1) is 23.7 Å². The van der Waals surface area contributed by atoms with E-state index in [-0.39, 0.29) is 19.0 Å². The van der Waals surface area contributed by atoms with Gasteiger partial charge >= 0.3 is 0 Å². The number of rotatable bonds is 5. The van der Waals surface area contributed by atoms with Crippen molar-refractivity contribution >= 4 is 33.8 Å². The van der Waals surface area contributed by atoms with Crippen LogP contribution in [0, 0.1) is 0 Å². The van der Waals surface area contributed by atoms with E-state index < -0.39 is 0 Å². The third kappa shape index (κ3) is 3.59. The number of hydrogen-bond acceptors (Lipinski definition) is 6. The highest BCUT2D eigenvalue weighted by atomic mass is 35.5. The van der Waals surface area contributed by atoms with Crippen LogP contribution >= 0.6 is 23.7 Å². The molecule has 0 radical (unpaired) electrons. The van der Waals surface area contributed by atoms with Crippen molar-refractivity contribution in [3.63, 3.8) is 0 Å². The van der Waals surface area contributed by atoms with Gasteiger partial charge in [-0.1, -0.05) is 23.4 Å². The van der Waals surface area contributed by atoms with Crippen molar-refractivity contribution in [1.29, 1.82) is 0 Å². The molecule has 5 nitrogen and oxygen atoms in total. The molecule has 3 aromatic rings. The minimum atomic E-state index is 0. The van der Waals surface area contributed by atoms with Crippen LogP contribution in [0.15, 0.2) is 34.2 Å². The van der Waals surface area contributed by atoms with Gasteiger partial charge in [0.1, 0.15) is 0 Å². The maximum atomic E-state index is 5.46. The molecule has 2 aromatic heterocycles. The lowest BCUT2D eigenvalue weighted by Crippen LogP contribution is -2.17. The fourth-order valence-corrected chi connectivity index (χ4v) is 3.13. The molecular weight excluding hydrogens is 308 g/mol. The van der Waals surface area contributed by atoms with E-state index in [9.17, 15) is 0 Å². The summed E-state index contributed by atoms with van der Waals surface area (Å²) < 4.78 is 6.33. The lowest BCUT2D eigenvalue weighted by Gasteiger charge is -2.13. The van der Waals surface area contributed by atoms with Crippen LogP contribution in [0.25, 0.3) is 10.1 Å². The van der Waals surface area contributed by atoms with Crippen LogP contribution in [0.1, 0.15) is 17.3 Å². The average Bonchev–Trinajstić information content (AvgIpc) is 3.06. The molecule has 1 aromatic carbocycles. The van der Waals surface area contributed by atoms with Crippen molar-refractivity contribution in [2.45, 2.75) is 19.6 Å². The lowest BCUT2D eigenvalue weighted by molar-refractivity contribution is 0.301. The topological polar surface area (TPSA) is 68.2 Å². The zero-order valence-electron chi connectivity index (χ0n) is 11.7. The molecular formula is C14H17ClN4OS. The van der Waals surface area contributed by atoms with E-state index >= 15 is 0 Å². The standard InChI is InChI=1S/C14H16N4OS.ClH/c1-18(8-13-16-14(6-15)19-17-13)7-10-9-20-12-5-3-2-4-11(10)12;/h2-5,9H,6-8,15H2,1H3;1H. The molecule has 2 N–H and O–H groups in total. The highest BCUT2D eigenvalue weighted by Gasteiger charge is 2.10. The first kappa shape index (κ1) is 15.9. The Labute approximate surface area is 133 Å². The molecule has 2 heterocycles.